The largest absolute Gasteiger partial charge is 0.361 e. The van der Waals surface area contributed by atoms with Gasteiger partial charge in [0.1, 0.15) is 5.76 Å². The van der Waals surface area contributed by atoms with Gasteiger partial charge >= 0.3 is 0 Å². The molecular formula is C15H18N2O2. The molecule has 1 saturated carbocycles. The van der Waals surface area contributed by atoms with E-state index in [0.29, 0.717) is 5.92 Å². The lowest BCUT2D eigenvalue weighted by atomic mass is 9.85. The Labute approximate surface area is 112 Å². The molecule has 4 heteroatoms. The van der Waals surface area contributed by atoms with Crippen molar-refractivity contribution in [2.24, 2.45) is 5.92 Å². The van der Waals surface area contributed by atoms with Crippen LogP contribution in [0.1, 0.15) is 30.7 Å². The molecule has 0 amide bonds. The second-order valence-electron chi connectivity index (χ2n) is 5.40. The Kier molecular flexibility index (Phi) is 3.01. The van der Waals surface area contributed by atoms with Gasteiger partial charge in [0.15, 0.2) is 0 Å². The van der Waals surface area contributed by atoms with E-state index in [1.165, 1.54) is 19.3 Å². The predicted octanol–water partition coefficient (Wildman–Crippen LogP) is 2.92. The van der Waals surface area contributed by atoms with Crippen molar-refractivity contribution in [2.75, 3.05) is 0 Å². The summed E-state index contributed by atoms with van der Waals surface area (Å²) in [6.45, 7) is 4.65. The van der Waals surface area contributed by atoms with Crippen molar-refractivity contribution in [1.82, 2.24) is 9.72 Å². The Balaban J connectivity index is 1.99. The molecule has 0 aromatic carbocycles. The summed E-state index contributed by atoms with van der Waals surface area (Å²) in [6, 6.07) is 3.49. The molecule has 19 heavy (non-hydrogen) atoms. The van der Waals surface area contributed by atoms with E-state index in [4.69, 9.17) is 4.52 Å². The third kappa shape index (κ3) is 2.23. The van der Waals surface area contributed by atoms with Gasteiger partial charge in [0, 0.05) is 29.9 Å². The maximum Gasteiger partial charge on any atom is 0.250 e. The molecule has 0 N–H and O–H groups in total. The summed E-state index contributed by atoms with van der Waals surface area (Å²) in [7, 11) is 0. The van der Waals surface area contributed by atoms with Gasteiger partial charge < -0.3 is 9.09 Å². The van der Waals surface area contributed by atoms with E-state index in [2.05, 4.69) is 5.16 Å². The Bertz CT molecular complexity index is 631. The first kappa shape index (κ1) is 12.2. The van der Waals surface area contributed by atoms with Crippen LogP contribution < -0.4 is 5.56 Å². The van der Waals surface area contributed by atoms with E-state index in [0.717, 1.165) is 29.1 Å². The second-order valence-corrected chi connectivity index (χ2v) is 5.40. The highest BCUT2D eigenvalue weighted by Crippen LogP contribution is 2.29. The van der Waals surface area contributed by atoms with Crippen molar-refractivity contribution in [1.29, 1.82) is 0 Å². The third-order valence-corrected chi connectivity index (χ3v) is 3.99. The molecule has 0 aliphatic heterocycles. The number of rotatable bonds is 3. The molecule has 1 aliphatic rings. The van der Waals surface area contributed by atoms with Gasteiger partial charge in [0.25, 0.3) is 5.56 Å². The first-order valence-corrected chi connectivity index (χ1v) is 6.79. The normalized spacial score (nSPS) is 15.5. The molecule has 0 saturated heterocycles. The molecule has 100 valence electrons. The molecule has 2 heterocycles. The van der Waals surface area contributed by atoms with Crippen molar-refractivity contribution in [3.05, 3.63) is 40.1 Å². The third-order valence-electron chi connectivity index (χ3n) is 3.99. The van der Waals surface area contributed by atoms with E-state index in [-0.39, 0.29) is 5.56 Å². The predicted molar refractivity (Wildman–Crippen MR) is 73.0 cm³/mol. The van der Waals surface area contributed by atoms with Crippen LogP contribution in [0.2, 0.25) is 0 Å². The molecule has 3 rings (SSSR count). The number of hydrogen-bond donors (Lipinski definition) is 0. The zero-order valence-corrected chi connectivity index (χ0v) is 11.3. The quantitative estimate of drug-likeness (QED) is 0.850. The monoisotopic (exact) mass is 258 g/mol. The molecule has 4 nitrogen and oxygen atoms in total. The molecule has 0 spiro atoms. The molecule has 2 aromatic rings. The average Bonchev–Trinajstić information content (AvgIpc) is 2.66. The standard InChI is InChI=1S/C15H18N2O2/c1-10-15(11(2)19-16-10)13-6-7-14(18)17(9-13)8-12-4-3-5-12/h6-7,9,12H,3-5,8H2,1-2H3. The lowest BCUT2D eigenvalue weighted by molar-refractivity contribution is 0.274. The van der Waals surface area contributed by atoms with Crippen LogP contribution in [0.25, 0.3) is 11.1 Å². The summed E-state index contributed by atoms with van der Waals surface area (Å²) in [5.74, 6) is 1.46. The van der Waals surface area contributed by atoms with E-state index < -0.39 is 0 Å². The number of pyridine rings is 1. The Morgan fingerprint density at radius 3 is 2.74 bits per heavy atom. The summed E-state index contributed by atoms with van der Waals surface area (Å²) in [5.41, 5.74) is 2.95. The number of hydrogen-bond acceptors (Lipinski definition) is 3. The van der Waals surface area contributed by atoms with Gasteiger partial charge in [-0.05, 0) is 38.7 Å². The van der Waals surface area contributed by atoms with Crippen LogP contribution in [-0.4, -0.2) is 9.72 Å². The topological polar surface area (TPSA) is 48.0 Å². The van der Waals surface area contributed by atoms with Crippen molar-refractivity contribution in [2.45, 2.75) is 39.7 Å². The minimum atomic E-state index is 0.0717. The smallest absolute Gasteiger partial charge is 0.250 e. The minimum absolute atomic E-state index is 0.0717. The van der Waals surface area contributed by atoms with E-state index in [1.54, 1.807) is 6.07 Å². The van der Waals surface area contributed by atoms with Crippen LogP contribution in [0.5, 0.6) is 0 Å². The second kappa shape index (κ2) is 4.68. The van der Waals surface area contributed by atoms with E-state index in [9.17, 15) is 4.79 Å². The highest BCUT2D eigenvalue weighted by Gasteiger charge is 2.19. The SMILES string of the molecule is Cc1noc(C)c1-c1ccc(=O)n(CC2CCC2)c1. The van der Waals surface area contributed by atoms with Crippen LogP contribution in [0.3, 0.4) is 0 Å². The van der Waals surface area contributed by atoms with Gasteiger partial charge in [-0.15, -0.1) is 0 Å². The van der Waals surface area contributed by atoms with Gasteiger partial charge in [-0.1, -0.05) is 11.6 Å². The zero-order valence-electron chi connectivity index (χ0n) is 11.3. The van der Waals surface area contributed by atoms with Crippen molar-refractivity contribution >= 4 is 0 Å². The highest BCUT2D eigenvalue weighted by molar-refractivity contribution is 5.66. The Hall–Kier alpha value is -1.84. The van der Waals surface area contributed by atoms with Gasteiger partial charge in [-0.2, -0.15) is 0 Å². The molecule has 1 fully saturated rings. The summed E-state index contributed by atoms with van der Waals surface area (Å²) < 4.78 is 7.02. The summed E-state index contributed by atoms with van der Waals surface area (Å²) >= 11 is 0. The lowest BCUT2D eigenvalue weighted by Crippen LogP contribution is -2.26. The van der Waals surface area contributed by atoms with Crippen LogP contribution in [0, 0.1) is 19.8 Å². The average molecular weight is 258 g/mol. The first-order valence-electron chi connectivity index (χ1n) is 6.79. The number of nitrogens with zero attached hydrogens (tertiary/aromatic N) is 2. The van der Waals surface area contributed by atoms with Gasteiger partial charge in [0.2, 0.25) is 0 Å². The summed E-state index contributed by atoms with van der Waals surface area (Å²) in [4.78, 5) is 11.9. The van der Waals surface area contributed by atoms with Gasteiger partial charge in [0.05, 0.1) is 5.69 Å². The first-order chi connectivity index (χ1) is 9.15. The molecule has 0 radical (unpaired) electrons. The fraction of sp³-hybridized carbons (Fsp3) is 0.467. The Morgan fingerprint density at radius 2 is 2.16 bits per heavy atom. The van der Waals surface area contributed by atoms with Crippen LogP contribution in [-0.2, 0) is 6.54 Å². The van der Waals surface area contributed by atoms with Crippen LogP contribution in [0.15, 0.2) is 27.6 Å². The molecule has 0 atom stereocenters. The Morgan fingerprint density at radius 1 is 1.37 bits per heavy atom. The highest BCUT2D eigenvalue weighted by atomic mass is 16.5. The van der Waals surface area contributed by atoms with Crippen LogP contribution >= 0.6 is 0 Å². The molecule has 2 aromatic heterocycles. The maximum atomic E-state index is 11.9. The molecule has 0 bridgehead atoms. The van der Waals surface area contributed by atoms with Crippen molar-refractivity contribution in [3.63, 3.8) is 0 Å². The fourth-order valence-corrected chi connectivity index (χ4v) is 2.67. The summed E-state index contributed by atoms with van der Waals surface area (Å²) in [6.07, 6.45) is 5.71. The van der Waals surface area contributed by atoms with Crippen molar-refractivity contribution < 1.29 is 4.52 Å². The number of aryl methyl sites for hydroxylation is 2. The maximum absolute atomic E-state index is 11.9. The van der Waals surface area contributed by atoms with E-state index in [1.807, 2.05) is 30.7 Å². The van der Waals surface area contributed by atoms with Gasteiger partial charge in [-0.25, -0.2) is 0 Å². The van der Waals surface area contributed by atoms with Crippen molar-refractivity contribution in [3.8, 4) is 11.1 Å². The van der Waals surface area contributed by atoms with Gasteiger partial charge in [-0.3, -0.25) is 4.79 Å². The molecule has 1 aliphatic carbocycles. The minimum Gasteiger partial charge on any atom is -0.361 e. The van der Waals surface area contributed by atoms with Crippen LogP contribution in [0.4, 0.5) is 0 Å². The number of aromatic nitrogens is 2. The molecular weight excluding hydrogens is 240 g/mol. The fourth-order valence-electron chi connectivity index (χ4n) is 2.67. The van der Waals surface area contributed by atoms with E-state index >= 15 is 0 Å². The lowest BCUT2D eigenvalue weighted by Gasteiger charge is -2.26. The summed E-state index contributed by atoms with van der Waals surface area (Å²) in [5, 5.41) is 3.97. The zero-order chi connectivity index (χ0) is 13.4. The molecule has 0 unspecified atom stereocenters.